The van der Waals surface area contributed by atoms with Crippen molar-refractivity contribution in [2.45, 2.75) is 44.1 Å². The SMILES string of the molecule is Cc1ccc2cc(-c3nc4cc(C(=O)NC(CNC(=O)C5=C/C=C\C=C/C=C\5)C(=O)NCCNC(=O)c5cccc(OCC(N=[N+]=[N-])OCCOCC(=O)NCC#Cc6cn([C@H]7CC(OCN=[N+]=[N-])[C@@H](COP(=O)(O)OP(=O)(O)OP(=O)(O)O)O7)c(=O)[nH]c6=O)c5)ccc4o3)c(=O)oc2c1. The number of fused-ring (bicyclic) bond motifs is 2. The van der Waals surface area contributed by atoms with Gasteiger partial charge in [0.05, 0.1) is 32.5 Å². The van der Waals surface area contributed by atoms with Crippen LogP contribution in [0.25, 0.3) is 54.4 Å². The maximum absolute atomic E-state index is 13.8. The molecule has 526 valence electrons. The number of aromatic amines is 1. The number of ether oxygens (including phenoxy) is 5. The van der Waals surface area contributed by atoms with Crippen LogP contribution in [0.1, 0.15) is 44.5 Å². The van der Waals surface area contributed by atoms with E-state index in [-0.39, 0.29) is 103 Å². The summed E-state index contributed by atoms with van der Waals surface area (Å²) >= 11 is 0. The molecule has 100 heavy (non-hydrogen) atoms. The van der Waals surface area contributed by atoms with Crippen LogP contribution in [0.3, 0.4) is 0 Å². The molecule has 0 spiro atoms. The number of phosphoric acid groups is 3. The molecule has 1 aliphatic carbocycles. The number of amides is 5. The zero-order valence-corrected chi connectivity index (χ0v) is 54.6. The number of phosphoric ester groups is 1. The van der Waals surface area contributed by atoms with Crippen LogP contribution < -0.4 is 48.2 Å². The topological polar surface area (TPSA) is 560 Å². The van der Waals surface area contributed by atoms with E-state index in [1.165, 1.54) is 42.5 Å². The molecule has 5 unspecified atom stereocenters. The van der Waals surface area contributed by atoms with E-state index in [4.69, 9.17) is 47.8 Å². The first-order valence-corrected chi connectivity index (χ1v) is 33.7. The van der Waals surface area contributed by atoms with E-state index in [1.807, 2.05) is 18.0 Å². The van der Waals surface area contributed by atoms with E-state index in [2.05, 4.69) is 76.6 Å². The molecule has 3 aromatic carbocycles. The lowest BCUT2D eigenvalue weighted by atomic mass is 10.1. The predicted molar refractivity (Wildman–Crippen MR) is 345 cm³/mol. The van der Waals surface area contributed by atoms with Crippen molar-refractivity contribution in [3.05, 3.63) is 195 Å². The first kappa shape index (κ1) is 75.3. The number of aromatic nitrogens is 3. The van der Waals surface area contributed by atoms with Crippen molar-refractivity contribution >= 4 is 75.1 Å². The van der Waals surface area contributed by atoms with Gasteiger partial charge in [-0.2, -0.15) is 8.62 Å². The lowest BCUT2D eigenvalue weighted by Gasteiger charge is -2.20. The molecule has 5 amide bonds. The van der Waals surface area contributed by atoms with Gasteiger partial charge in [-0.25, -0.2) is 28.3 Å². The van der Waals surface area contributed by atoms with Crippen LogP contribution in [-0.2, 0) is 60.2 Å². The third-order valence-corrected chi connectivity index (χ3v) is 17.4. The minimum Gasteiger partial charge on any atom is -0.491 e. The van der Waals surface area contributed by atoms with Gasteiger partial charge in [-0.3, -0.25) is 42.8 Å². The second-order valence-corrected chi connectivity index (χ2v) is 25.2. The molecule has 0 saturated carbocycles. The van der Waals surface area contributed by atoms with Crippen LogP contribution in [0.5, 0.6) is 5.75 Å². The quantitative estimate of drug-likeness (QED) is 0.00535. The van der Waals surface area contributed by atoms with Gasteiger partial charge >= 0.3 is 34.8 Å². The molecule has 42 heteroatoms. The smallest absolute Gasteiger partial charge is 0.490 e. The summed E-state index contributed by atoms with van der Waals surface area (Å²) in [6.45, 7) is -1.98. The van der Waals surface area contributed by atoms with Gasteiger partial charge in [-0.1, -0.05) is 70.6 Å². The van der Waals surface area contributed by atoms with Gasteiger partial charge in [0.1, 0.15) is 66.3 Å². The lowest BCUT2D eigenvalue weighted by Crippen LogP contribution is -2.53. The van der Waals surface area contributed by atoms with Gasteiger partial charge in [0.15, 0.2) is 11.8 Å². The van der Waals surface area contributed by atoms with E-state index < -0.39 is 121 Å². The summed E-state index contributed by atoms with van der Waals surface area (Å²) < 4.78 is 87.0. The molecule has 1 saturated heterocycles. The number of hydrogen-bond acceptors (Lipinski definition) is 24. The molecule has 7 atom stereocenters. The molecule has 8 rings (SSSR count). The Morgan fingerprint density at radius 2 is 1.62 bits per heavy atom. The van der Waals surface area contributed by atoms with E-state index >= 15 is 0 Å². The number of aryl methyl sites for hydroxylation is 1. The number of rotatable bonds is 33. The zero-order valence-electron chi connectivity index (χ0n) is 51.9. The summed E-state index contributed by atoms with van der Waals surface area (Å²) in [7, 11) is -17.2. The summed E-state index contributed by atoms with van der Waals surface area (Å²) in [5.41, 5.74) is 17.1. The fourth-order valence-electron chi connectivity index (χ4n) is 9.02. The Balaban J connectivity index is 0.769. The fourth-order valence-corrected chi connectivity index (χ4v) is 12.1. The molecule has 6 aromatic rings. The van der Waals surface area contributed by atoms with Gasteiger partial charge in [0.25, 0.3) is 23.3 Å². The Morgan fingerprint density at radius 3 is 2.41 bits per heavy atom. The normalized spacial score (nSPS) is 18.2. The standard InChI is InChI=1S/C58H59N14O25P3/c1-34-14-15-36-25-41(57(79)95-45(36)23-34)56-67-42-26-38(16-17-44(42)94-56)53(76)66-43(28-64-51(74)35-9-5-3-2-4-6-10-35)55(78)63-20-19-62-52(75)37-11-7-13-40(24-37)90-32-49(69-71-60)89-22-21-88-31-48(73)61-18-8-12-39-29-72(58(80)68-54(39)77)50-27-46(91-33-65-70-59)47(93-50)30-92-99(84,85)97-100(86,87)96-98(81,82)83/h2-7,9-11,13-17,23-26,29,43,46-47,49-50H,18-22,27-28,30-33H2,1H3,(H,61,73)(H,62,75)(H,63,78)(H,64,74)(H,66,76)(H,84,85)(H,86,87)(H,68,77,80)(H2,81,82,83)/b3-2-,4-2?,5-3?,6-4-,9-5-,10-6?,35-9?,35-10+/t43?,46?,47-,49?,50-/m1/s1. The number of carbonyl (C=O) groups is 5. The van der Waals surface area contributed by atoms with Crippen LogP contribution in [0.2, 0.25) is 0 Å². The molecule has 1 aliphatic heterocycles. The Kier molecular flexibility index (Phi) is 26.6. The second kappa shape index (κ2) is 35.4. The van der Waals surface area contributed by atoms with Crippen LogP contribution in [0.15, 0.2) is 154 Å². The third kappa shape index (κ3) is 22.8. The van der Waals surface area contributed by atoms with E-state index in [1.54, 1.807) is 60.7 Å². The second-order valence-electron chi connectivity index (χ2n) is 20.8. The summed E-state index contributed by atoms with van der Waals surface area (Å²) in [4.78, 5) is 154. The van der Waals surface area contributed by atoms with Gasteiger partial charge in [-0.05, 0) is 84.2 Å². The number of nitrogens with zero attached hydrogens (tertiary/aromatic N) is 8. The average Bonchev–Trinajstić information content (AvgIpc) is 1.61. The van der Waals surface area contributed by atoms with E-state index in [0.29, 0.717) is 11.0 Å². The minimum absolute atomic E-state index is 0.0423. The van der Waals surface area contributed by atoms with E-state index in [9.17, 15) is 67.4 Å². The largest absolute Gasteiger partial charge is 0.491 e. The molecule has 0 radical (unpaired) electrons. The van der Waals surface area contributed by atoms with Crippen molar-refractivity contribution in [1.82, 2.24) is 41.1 Å². The number of benzene rings is 3. The number of carbonyl (C=O) groups excluding carboxylic acids is 5. The van der Waals surface area contributed by atoms with Gasteiger partial charge < -0.3 is 78.7 Å². The molecule has 10 N–H and O–H groups in total. The molecular formula is C58H59N14O25P3. The van der Waals surface area contributed by atoms with Crippen LogP contribution in [0.4, 0.5) is 0 Å². The fraction of sp³-hybridized carbons (Fsp3) is 0.293. The Bertz CT molecular complexity index is 4710. The Morgan fingerprint density at radius 1 is 0.840 bits per heavy atom. The summed E-state index contributed by atoms with van der Waals surface area (Å²) in [6.07, 6.45) is 7.14. The number of oxazole rings is 1. The molecule has 3 aromatic heterocycles. The molecule has 39 nitrogen and oxygen atoms in total. The van der Waals surface area contributed by atoms with Crippen molar-refractivity contribution in [2.24, 2.45) is 10.2 Å². The maximum atomic E-state index is 13.8. The molecule has 0 bridgehead atoms. The van der Waals surface area contributed by atoms with Crippen molar-refractivity contribution in [3.8, 4) is 29.0 Å². The third-order valence-electron chi connectivity index (χ3n) is 13.6. The minimum atomic E-state index is -5.88. The highest BCUT2D eigenvalue weighted by molar-refractivity contribution is 7.66. The van der Waals surface area contributed by atoms with Crippen molar-refractivity contribution in [2.75, 3.05) is 65.9 Å². The highest BCUT2D eigenvalue weighted by Crippen LogP contribution is 2.66. The Hall–Kier alpha value is -10.4. The van der Waals surface area contributed by atoms with E-state index in [0.717, 1.165) is 16.3 Å². The lowest BCUT2D eigenvalue weighted by molar-refractivity contribution is -0.126. The summed E-state index contributed by atoms with van der Waals surface area (Å²) in [5.74, 6) is 1.88. The number of H-pyrrole nitrogens is 1. The van der Waals surface area contributed by atoms with Crippen LogP contribution >= 0.6 is 23.5 Å². The number of allylic oxidation sites excluding steroid dienone is 6. The highest BCUT2D eigenvalue weighted by atomic mass is 31.3. The van der Waals surface area contributed by atoms with Crippen LogP contribution in [0, 0.1) is 18.8 Å². The number of nitrogens with one attached hydrogen (secondary N) is 6. The van der Waals surface area contributed by atoms with Crippen molar-refractivity contribution < 1.29 is 103 Å². The van der Waals surface area contributed by atoms with Gasteiger partial charge in [0, 0.05) is 64.2 Å². The highest BCUT2D eigenvalue weighted by Gasteiger charge is 2.44. The first-order valence-electron chi connectivity index (χ1n) is 29.2. The Labute approximate surface area is 561 Å². The summed E-state index contributed by atoms with van der Waals surface area (Å²) in [5, 5.41) is 20.5. The van der Waals surface area contributed by atoms with Gasteiger partial charge in [-0.15, -0.1) is 0 Å². The summed E-state index contributed by atoms with van der Waals surface area (Å²) in [6, 6.07) is 15.8. The number of azide groups is 2. The molecule has 1 fully saturated rings. The van der Waals surface area contributed by atoms with Crippen LogP contribution in [-0.4, -0.2) is 154 Å². The molecular weight excluding hydrogens is 1390 g/mol. The zero-order chi connectivity index (χ0) is 72.0. The molecule has 4 heterocycles. The first-order chi connectivity index (χ1) is 47.7. The van der Waals surface area contributed by atoms with Gasteiger partial charge in [0.2, 0.25) is 17.7 Å². The monoisotopic (exact) mass is 1440 g/mol. The predicted octanol–water partition coefficient (Wildman–Crippen LogP) is 3.63. The average molecular weight is 1450 g/mol. The van der Waals surface area contributed by atoms with Crippen molar-refractivity contribution in [3.63, 3.8) is 0 Å². The maximum Gasteiger partial charge on any atom is 0.490 e. The number of hydrogen-bond donors (Lipinski definition) is 10. The molecule has 2 aliphatic rings. The van der Waals surface area contributed by atoms with Crippen molar-refractivity contribution in [1.29, 1.82) is 0 Å².